The Morgan fingerprint density at radius 1 is 0.854 bits per heavy atom. The van der Waals surface area contributed by atoms with Crippen LogP contribution in [0.4, 0.5) is 5.69 Å². The number of hydrogen-bond donors (Lipinski definition) is 1. The molecule has 0 radical (unpaired) electrons. The van der Waals surface area contributed by atoms with Crippen molar-refractivity contribution in [3.8, 4) is 5.75 Å². The number of benzene rings is 2. The van der Waals surface area contributed by atoms with Crippen LogP contribution in [-0.2, 0) is 6.54 Å². The smallest absolute Gasteiger partial charge is 0.259 e. The minimum absolute atomic E-state index is 0. The van der Waals surface area contributed by atoms with Crippen molar-refractivity contribution in [3.63, 3.8) is 0 Å². The summed E-state index contributed by atoms with van der Waals surface area (Å²) in [4.78, 5) is 28.1. The fourth-order valence-electron chi connectivity index (χ4n) is 5.04. The van der Waals surface area contributed by atoms with Gasteiger partial charge in [0.1, 0.15) is 5.75 Å². The molecular formula is C34H49BrN2O3S. The highest BCUT2D eigenvalue weighted by Gasteiger charge is 2.20. The average Bonchev–Trinajstić information content (AvgIpc) is 3.36. The largest absolute Gasteiger partial charge is 0.492 e. The normalized spacial score (nSPS) is 12.6. The van der Waals surface area contributed by atoms with Gasteiger partial charge in [0.25, 0.3) is 5.91 Å². The highest BCUT2D eigenvalue weighted by Crippen LogP contribution is 2.29. The van der Waals surface area contributed by atoms with E-state index in [0.717, 1.165) is 36.5 Å². The number of nitrogens with one attached hydrogen (secondary N) is 1. The van der Waals surface area contributed by atoms with Gasteiger partial charge in [-0.2, -0.15) is 0 Å². The van der Waals surface area contributed by atoms with Crippen LogP contribution in [0, 0.1) is 0 Å². The van der Waals surface area contributed by atoms with Gasteiger partial charge in [-0.05, 0) is 49.4 Å². The summed E-state index contributed by atoms with van der Waals surface area (Å²) in [5.74, 6) is 0.936. The third kappa shape index (κ3) is 11.9. The molecule has 0 bridgehead atoms. The standard InChI is InChI=1S/C34H48N2O3S.BrH/c1-4-5-6-7-8-9-10-11-12-13-14-17-23-39-33-30(28(3)37)20-18-21-31(33)34(38)35-32-22-16-15-19-29(32)24-36-26-40-25-27(36)2;/h15-16,18-22,25H,4-14,17,23-24,26H2,1-3H3,(H,35,38);1H. The fraction of sp³-hybridized carbons (Fsp3) is 0.529. The van der Waals surface area contributed by atoms with Crippen LogP contribution in [0.2, 0.25) is 0 Å². The van der Waals surface area contributed by atoms with Crippen LogP contribution in [0.5, 0.6) is 5.75 Å². The second-order valence-corrected chi connectivity index (χ2v) is 11.7. The molecule has 0 aromatic heterocycles. The first-order valence-electron chi connectivity index (χ1n) is 15.2. The molecule has 0 saturated heterocycles. The summed E-state index contributed by atoms with van der Waals surface area (Å²) in [6.07, 6.45) is 15.3. The number of anilines is 1. The third-order valence-corrected chi connectivity index (χ3v) is 8.46. The molecule has 1 N–H and O–H groups in total. The van der Waals surface area contributed by atoms with Crippen molar-refractivity contribution in [3.05, 3.63) is 70.3 Å². The van der Waals surface area contributed by atoms with Gasteiger partial charge >= 0.3 is 0 Å². The number of hydrogen-bond acceptors (Lipinski definition) is 5. The Morgan fingerprint density at radius 3 is 2.07 bits per heavy atom. The van der Waals surface area contributed by atoms with Crippen molar-refractivity contribution < 1.29 is 14.3 Å². The van der Waals surface area contributed by atoms with Gasteiger partial charge in [-0.1, -0.05) is 102 Å². The third-order valence-electron chi connectivity index (χ3n) is 7.49. The van der Waals surface area contributed by atoms with Crippen LogP contribution in [0.15, 0.2) is 53.6 Å². The summed E-state index contributed by atoms with van der Waals surface area (Å²) in [5, 5.41) is 5.25. The molecule has 5 nitrogen and oxygen atoms in total. The van der Waals surface area contributed by atoms with Crippen LogP contribution in [-0.4, -0.2) is 29.1 Å². The van der Waals surface area contributed by atoms with Crippen molar-refractivity contribution in [2.24, 2.45) is 0 Å². The summed E-state index contributed by atoms with van der Waals surface area (Å²) >= 11 is 1.78. The van der Waals surface area contributed by atoms with Gasteiger partial charge in [0.15, 0.2) is 5.78 Å². The summed E-state index contributed by atoms with van der Waals surface area (Å²) < 4.78 is 6.13. The Morgan fingerprint density at radius 2 is 1.46 bits per heavy atom. The molecule has 226 valence electrons. The number of thioether (sulfide) groups is 1. The summed E-state index contributed by atoms with van der Waals surface area (Å²) in [6.45, 7) is 7.11. The van der Waals surface area contributed by atoms with Crippen molar-refractivity contribution in [1.29, 1.82) is 0 Å². The quantitative estimate of drug-likeness (QED) is 0.122. The number of carbonyl (C=O) groups excluding carboxylic acids is 2. The molecule has 0 aliphatic carbocycles. The number of ketones is 1. The highest BCUT2D eigenvalue weighted by atomic mass is 79.9. The molecule has 1 amide bonds. The molecular weight excluding hydrogens is 596 g/mol. The summed E-state index contributed by atoms with van der Waals surface area (Å²) in [6, 6.07) is 13.1. The van der Waals surface area contributed by atoms with Crippen LogP contribution >= 0.6 is 28.7 Å². The zero-order valence-electron chi connectivity index (χ0n) is 25.2. The van der Waals surface area contributed by atoms with Crippen LogP contribution in [0.1, 0.15) is 124 Å². The number of allylic oxidation sites excluding steroid dienone is 1. The van der Waals surface area contributed by atoms with E-state index in [4.69, 9.17) is 4.74 Å². The minimum Gasteiger partial charge on any atom is -0.492 e. The van der Waals surface area contributed by atoms with Crippen molar-refractivity contribution in [1.82, 2.24) is 4.90 Å². The Kier molecular flexibility index (Phi) is 16.9. The SMILES string of the molecule is Br.CCCCCCCCCCCCCCOc1c(C(C)=O)cccc1C(=O)Nc1ccccc1CN1CSC=C1C. The molecule has 41 heavy (non-hydrogen) atoms. The number of ether oxygens (including phenoxy) is 1. The number of unbranched alkanes of at least 4 members (excludes halogenated alkanes) is 11. The highest BCUT2D eigenvalue weighted by molar-refractivity contribution is 8.93. The van der Waals surface area contributed by atoms with E-state index in [0.29, 0.717) is 23.5 Å². The Hall–Kier alpha value is -2.25. The predicted octanol–water partition coefficient (Wildman–Crippen LogP) is 10.2. The van der Waals surface area contributed by atoms with Gasteiger partial charge < -0.3 is 15.0 Å². The molecule has 0 saturated carbocycles. The van der Waals surface area contributed by atoms with E-state index in [9.17, 15) is 9.59 Å². The summed E-state index contributed by atoms with van der Waals surface area (Å²) in [5.41, 5.74) is 3.91. The zero-order chi connectivity index (χ0) is 28.6. The molecule has 1 heterocycles. The molecule has 0 fully saturated rings. The van der Waals surface area contributed by atoms with Gasteiger partial charge in [0, 0.05) is 17.9 Å². The van der Waals surface area contributed by atoms with E-state index in [1.54, 1.807) is 30.0 Å². The number of para-hydroxylation sites is 2. The van der Waals surface area contributed by atoms with Gasteiger partial charge in [-0.25, -0.2) is 0 Å². The molecule has 2 aromatic rings. The average molecular weight is 646 g/mol. The van der Waals surface area contributed by atoms with E-state index in [1.807, 2.05) is 24.3 Å². The maximum Gasteiger partial charge on any atom is 0.259 e. The minimum atomic E-state index is -0.261. The molecule has 1 aliphatic heterocycles. The molecule has 7 heteroatoms. The monoisotopic (exact) mass is 644 g/mol. The van der Waals surface area contributed by atoms with E-state index in [2.05, 4.69) is 29.5 Å². The number of carbonyl (C=O) groups is 2. The lowest BCUT2D eigenvalue weighted by molar-refractivity contribution is 0.101. The molecule has 1 aliphatic rings. The van der Waals surface area contributed by atoms with Crippen molar-refractivity contribution in [2.75, 3.05) is 17.8 Å². The lowest BCUT2D eigenvalue weighted by atomic mass is 10.0. The maximum atomic E-state index is 13.5. The molecule has 2 aromatic carbocycles. The van der Waals surface area contributed by atoms with E-state index >= 15 is 0 Å². The Bertz CT molecular complexity index is 1120. The lowest BCUT2D eigenvalue weighted by Crippen LogP contribution is -2.20. The van der Waals surface area contributed by atoms with Crippen LogP contribution < -0.4 is 10.1 Å². The van der Waals surface area contributed by atoms with Crippen LogP contribution in [0.25, 0.3) is 0 Å². The van der Waals surface area contributed by atoms with E-state index in [-0.39, 0.29) is 28.7 Å². The van der Waals surface area contributed by atoms with Gasteiger partial charge in [-0.3, -0.25) is 9.59 Å². The second-order valence-electron chi connectivity index (χ2n) is 10.8. The number of rotatable bonds is 19. The first kappa shape index (κ1) is 34.9. The van der Waals surface area contributed by atoms with E-state index in [1.165, 1.54) is 76.8 Å². The maximum absolute atomic E-state index is 13.5. The van der Waals surface area contributed by atoms with Gasteiger partial charge in [0.05, 0.1) is 23.6 Å². The fourth-order valence-corrected chi connectivity index (χ4v) is 5.98. The predicted molar refractivity (Wildman–Crippen MR) is 179 cm³/mol. The number of nitrogens with zero attached hydrogens (tertiary/aromatic N) is 1. The van der Waals surface area contributed by atoms with E-state index < -0.39 is 0 Å². The second kappa shape index (κ2) is 19.8. The molecule has 0 spiro atoms. The molecule has 0 unspecified atom stereocenters. The first-order chi connectivity index (χ1) is 19.5. The first-order valence-corrected chi connectivity index (χ1v) is 16.3. The molecule has 0 atom stereocenters. The Labute approximate surface area is 262 Å². The zero-order valence-corrected chi connectivity index (χ0v) is 27.7. The number of Topliss-reactive ketones (excluding diaryl/α,β-unsaturated/α-hetero) is 1. The van der Waals surface area contributed by atoms with Crippen LogP contribution in [0.3, 0.4) is 0 Å². The van der Waals surface area contributed by atoms with Crippen molar-refractivity contribution >= 4 is 46.1 Å². The molecule has 3 rings (SSSR count). The Balaban J connectivity index is 0.00000588. The van der Waals surface area contributed by atoms with Crippen molar-refractivity contribution in [2.45, 2.75) is 104 Å². The topological polar surface area (TPSA) is 58.6 Å². The van der Waals surface area contributed by atoms with Gasteiger partial charge in [-0.15, -0.1) is 28.7 Å². The van der Waals surface area contributed by atoms with Gasteiger partial charge in [0.2, 0.25) is 0 Å². The lowest BCUT2D eigenvalue weighted by Gasteiger charge is -2.21. The summed E-state index contributed by atoms with van der Waals surface area (Å²) in [7, 11) is 0. The number of halogens is 1. The number of amides is 1.